The highest BCUT2D eigenvalue weighted by atomic mass is 16.5. The lowest BCUT2D eigenvalue weighted by molar-refractivity contribution is -0.143. The number of hydrogen-bond acceptors (Lipinski definition) is 3. The van der Waals surface area contributed by atoms with Crippen molar-refractivity contribution in [3.8, 4) is 5.75 Å². The van der Waals surface area contributed by atoms with Gasteiger partial charge in [-0.2, -0.15) is 0 Å². The molecule has 0 radical (unpaired) electrons. The van der Waals surface area contributed by atoms with E-state index in [1.807, 2.05) is 24.3 Å². The molecule has 160 valence electrons. The highest BCUT2D eigenvalue weighted by Gasteiger charge is 2.03. The van der Waals surface area contributed by atoms with Crippen molar-refractivity contribution in [3.63, 3.8) is 0 Å². The van der Waals surface area contributed by atoms with Crippen LogP contribution in [0.25, 0.3) is 0 Å². The lowest BCUT2D eigenvalue weighted by atomic mass is 10.0. The summed E-state index contributed by atoms with van der Waals surface area (Å²) in [7, 11) is 1.66. The molecule has 0 bridgehead atoms. The van der Waals surface area contributed by atoms with Crippen LogP contribution in [-0.4, -0.2) is 19.7 Å². The number of methoxy groups -OCH3 is 1. The second-order valence-corrected chi connectivity index (χ2v) is 7.81. The summed E-state index contributed by atoms with van der Waals surface area (Å²) in [6, 6.07) is 7.90. The number of carbonyl (C=O) groups is 1. The molecular formula is C25H42O3. The molecule has 0 fully saturated rings. The molecule has 0 aromatic heterocycles. The molecule has 0 spiro atoms. The van der Waals surface area contributed by atoms with Crippen molar-refractivity contribution in [2.45, 2.75) is 103 Å². The molecule has 0 unspecified atom stereocenters. The van der Waals surface area contributed by atoms with E-state index in [-0.39, 0.29) is 5.97 Å². The summed E-state index contributed by atoms with van der Waals surface area (Å²) in [4.78, 5) is 11.8. The van der Waals surface area contributed by atoms with E-state index in [4.69, 9.17) is 9.47 Å². The maximum absolute atomic E-state index is 11.8. The summed E-state index contributed by atoms with van der Waals surface area (Å²) < 4.78 is 10.5. The Morgan fingerprint density at radius 3 is 1.75 bits per heavy atom. The molecule has 0 saturated carbocycles. The van der Waals surface area contributed by atoms with Crippen molar-refractivity contribution in [1.29, 1.82) is 0 Å². The Morgan fingerprint density at radius 1 is 0.750 bits per heavy atom. The number of esters is 1. The Hall–Kier alpha value is -1.51. The molecule has 0 aliphatic rings. The fourth-order valence-corrected chi connectivity index (χ4v) is 3.43. The van der Waals surface area contributed by atoms with Crippen molar-refractivity contribution in [1.82, 2.24) is 0 Å². The van der Waals surface area contributed by atoms with Gasteiger partial charge in [0.25, 0.3) is 0 Å². The van der Waals surface area contributed by atoms with Crippen LogP contribution < -0.4 is 4.74 Å². The van der Waals surface area contributed by atoms with E-state index in [0.717, 1.165) is 30.6 Å². The van der Waals surface area contributed by atoms with Gasteiger partial charge in [-0.3, -0.25) is 4.79 Å². The Kier molecular flexibility index (Phi) is 15.4. The Labute approximate surface area is 173 Å². The molecular weight excluding hydrogens is 348 g/mol. The average molecular weight is 391 g/mol. The van der Waals surface area contributed by atoms with E-state index < -0.39 is 0 Å². The van der Waals surface area contributed by atoms with Crippen LogP contribution in [0.15, 0.2) is 24.3 Å². The van der Waals surface area contributed by atoms with Gasteiger partial charge in [0.05, 0.1) is 13.7 Å². The maximum Gasteiger partial charge on any atom is 0.305 e. The predicted octanol–water partition coefficient (Wildman–Crippen LogP) is 7.26. The van der Waals surface area contributed by atoms with Gasteiger partial charge < -0.3 is 9.47 Å². The van der Waals surface area contributed by atoms with E-state index in [0.29, 0.717) is 13.0 Å². The Balaban J connectivity index is 1.85. The molecule has 28 heavy (non-hydrogen) atoms. The van der Waals surface area contributed by atoms with Crippen LogP contribution in [0.1, 0.15) is 102 Å². The standard InChI is InChI=1S/C25H42O3/c1-3-4-5-6-7-8-9-10-11-12-13-14-15-16-25(26)28-22-21-23-17-19-24(27-2)20-18-23/h17-20H,3-16,21-22H2,1-2H3. The normalized spacial score (nSPS) is 10.8. The molecule has 0 aliphatic heterocycles. The highest BCUT2D eigenvalue weighted by molar-refractivity contribution is 5.69. The quantitative estimate of drug-likeness (QED) is 0.195. The Morgan fingerprint density at radius 2 is 1.25 bits per heavy atom. The van der Waals surface area contributed by atoms with Crippen molar-refractivity contribution in [2.75, 3.05) is 13.7 Å². The first-order valence-corrected chi connectivity index (χ1v) is 11.5. The first-order chi connectivity index (χ1) is 13.8. The average Bonchev–Trinajstić information content (AvgIpc) is 2.72. The maximum atomic E-state index is 11.8. The lowest BCUT2D eigenvalue weighted by Crippen LogP contribution is -2.07. The number of rotatable bonds is 18. The fraction of sp³-hybridized carbons (Fsp3) is 0.720. The summed E-state index contributed by atoms with van der Waals surface area (Å²) in [5, 5.41) is 0. The monoisotopic (exact) mass is 390 g/mol. The van der Waals surface area contributed by atoms with Crippen LogP contribution in [0.2, 0.25) is 0 Å². The molecule has 3 heteroatoms. The van der Waals surface area contributed by atoms with Gasteiger partial charge in [0.2, 0.25) is 0 Å². The SMILES string of the molecule is CCCCCCCCCCCCCCCC(=O)OCCc1ccc(OC)cc1. The Bertz CT molecular complexity index is 481. The van der Waals surface area contributed by atoms with Crippen molar-refractivity contribution in [2.24, 2.45) is 0 Å². The van der Waals surface area contributed by atoms with Gasteiger partial charge in [-0.15, -0.1) is 0 Å². The van der Waals surface area contributed by atoms with Crippen molar-refractivity contribution < 1.29 is 14.3 Å². The second-order valence-electron chi connectivity index (χ2n) is 7.81. The molecule has 0 amide bonds. The first-order valence-electron chi connectivity index (χ1n) is 11.5. The zero-order chi connectivity index (χ0) is 20.3. The van der Waals surface area contributed by atoms with Gasteiger partial charge in [-0.25, -0.2) is 0 Å². The second kappa shape index (κ2) is 17.6. The molecule has 1 aromatic carbocycles. The van der Waals surface area contributed by atoms with Crippen LogP contribution in [0.5, 0.6) is 5.75 Å². The van der Waals surface area contributed by atoms with E-state index in [1.165, 1.54) is 70.6 Å². The summed E-state index contributed by atoms with van der Waals surface area (Å²) in [5.74, 6) is 0.791. The smallest absolute Gasteiger partial charge is 0.305 e. The summed E-state index contributed by atoms with van der Waals surface area (Å²) in [6.45, 7) is 2.73. The minimum atomic E-state index is -0.0587. The zero-order valence-corrected chi connectivity index (χ0v) is 18.3. The molecule has 1 rings (SSSR count). The summed E-state index contributed by atoms with van der Waals surface area (Å²) >= 11 is 0. The van der Waals surface area contributed by atoms with Gasteiger partial charge in [0.1, 0.15) is 5.75 Å². The minimum Gasteiger partial charge on any atom is -0.497 e. The molecule has 3 nitrogen and oxygen atoms in total. The molecule has 0 heterocycles. The number of ether oxygens (including phenoxy) is 2. The highest BCUT2D eigenvalue weighted by Crippen LogP contribution is 2.14. The van der Waals surface area contributed by atoms with Crippen LogP contribution in [0.3, 0.4) is 0 Å². The zero-order valence-electron chi connectivity index (χ0n) is 18.3. The number of hydrogen-bond donors (Lipinski definition) is 0. The van der Waals surface area contributed by atoms with E-state index in [1.54, 1.807) is 7.11 Å². The van der Waals surface area contributed by atoms with Gasteiger partial charge in [0, 0.05) is 12.8 Å². The van der Waals surface area contributed by atoms with Gasteiger partial charge in [-0.05, 0) is 24.1 Å². The topological polar surface area (TPSA) is 35.5 Å². The van der Waals surface area contributed by atoms with E-state index in [2.05, 4.69) is 6.92 Å². The summed E-state index contributed by atoms with van der Waals surface area (Å²) in [6.07, 6.45) is 18.5. The fourth-order valence-electron chi connectivity index (χ4n) is 3.43. The molecule has 0 saturated heterocycles. The third-order valence-corrected chi connectivity index (χ3v) is 5.30. The van der Waals surface area contributed by atoms with E-state index in [9.17, 15) is 4.79 Å². The predicted molar refractivity (Wildman–Crippen MR) is 118 cm³/mol. The third-order valence-electron chi connectivity index (χ3n) is 5.30. The van der Waals surface area contributed by atoms with E-state index >= 15 is 0 Å². The largest absolute Gasteiger partial charge is 0.497 e. The number of unbranched alkanes of at least 4 members (excludes halogenated alkanes) is 12. The van der Waals surface area contributed by atoms with Crippen LogP contribution in [0, 0.1) is 0 Å². The van der Waals surface area contributed by atoms with Crippen molar-refractivity contribution >= 4 is 5.97 Å². The van der Waals surface area contributed by atoms with Gasteiger partial charge in [0.15, 0.2) is 0 Å². The van der Waals surface area contributed by atoms with Gasteiger partial charge >= 0.3 is 5.97 Å². The molecule has 0 N–H and O–H groups in total. The summed E-state index contributed by atoms with van der Waals surface area (Å²) in [5.41, 5.74) is 1.16. The van der Waals surface area contributed by atoms with Crippen LogP contribution in [-0.2, 0) is 16.0 Å². The first kappa shape index (κ1) is 24.5. The molecule has 0 aliphatic carbocycles. The van der Waals surface area contributed by atoms with Crippen molar-refractivity contribution in [3.05, 3.63) is 29.8 Å². The van der Waals surface area contributed by atoms with Crippen LogP contribution in [0.4, 0.5) is 0 Å². The number of benzene rings is 1. The van der Waals surface area contributed by atoms with Crippen LogP contribution >= 0.6 is 0 Å². The molecule has 1 aromatic rings. The minimum absolute atomic E-state index is 0.0587. The number of carbonyl (C=O) groups excluding carboxylic acids is 1. The molecule has 0 atom stereocenters. The van der Waals surface area contributed by atoms with Gasteiger partial charge in [-0.1, -0.05) is 96.1 Å². The lowest BCUT2D eigenvalue weighted by Gasteiger charge is -2.06. The third kappa shape index (κ3) is 13.6.